The number of alkyl halides is 5. The third-order valence-corrected chi connectivity index (χ3v) is 2.04. The number of rotatable bonds is 4. The Hall–Kier alpha value is -1.67. The molecule has 0 spiro atoms. The van der Waals surface area contributed by atoms with E-state index >= 15 is 0 Å². The second-order valence-electron chi connectivity index (χ2n) is 3.67. The van der Waals surface area contributed by atoms with Gasteiger partial charge in [-0.2, -0.15) is 27.1 Å². The highest BCUT2D eigenvalue weighted by atomic mass is 19.4. The third kappa shape index (κ3) is 3.17. The maximum absolute atomic E-state index is 12.6. The summed E-state index contributed by atoms with van der Waals surface area (Å²) in [6.45, 7) is 1.29. The normalized spacial score (nSPS) is 14.3. The van der Waals surface area contributed by atoms with Crippen LogP contribution >= 0.6 is 0 Å². The van der Waals surface area contributed by atoms with Crippen LogP contribution in [0.5, 0.6) is 0 Å². The average molecular weight is 271 g/mol. The SMILES string of the molecule is CC(Cn1cccn1)NC(=O)C(F)(F)C(F)(F)F. The highest BCUT2D eigenvalue weighted by Gasteiger charge is 2.63. The Kier molecular flexibility index (Phi) is 3.92. The van der Waals surface area contributed by atoms with Crippen molar-refractivity contribution in [1.82, 2.24) is 15.1 Å². The van der Waals surface area contributed by atoms with E-state index in [2.05, 4.69) is 5.10 Å². The Morgan fingerprint density at radius 1 is 1.39 bits per heavy atom. The monoisotopic (exact) mass is 271 g/mol. The second kappa shape index (κ2) is 4.91. The second-order valence-corrected chi connectivity index (χ2v) is 3.67. The number of carbonyl (C=O) groups is 1. The molecular weight excluding hydrogens is 261 g/mol. The minimum Gasteiger partial charge on any atom is -0.346 e. The van der Waals surface area contributed by atoms with Crippen molar-refractivity contribution in [2.75, 3.05) is 0 Å². The topological polar surface area (TPSA) is 46.9 Å². The number of aromatic nitrogens is 2. The molecule has 0 saturated carbocycles. The van der Waals surface area contributed by atoms with Crippen molar-refractivity contribution in [2.45, 2.75) is 31.6 Å². The number of nitrogens with zero attached hydrogens (tertiary/aromatic N) is 2. The van der Waals surface area contributed by atoms with Gasteiger partial charge in [0.05, 0.1) is 6.54 Å². The maximum Gasteiger partial charge on any atom is 0.463 e. The molecule has 1 N–H and O–H groups in total. The fraction of sp³-hybridized carbons (Fsp3) is 0.556. The van der Waals surface area contributed by atoms with Gasteiger partial charge in [0.2, 0.25) is 0 Å². The molecule has 1 rings (SSSR count). The summed E-state index contributed by atoms with van der Waals surface area (Å²) in [6.07, 6.45) is -2.99. The highest BCUT2D eigenvalue weighted by molar-refractivity contribution is 5.84. The molecule has 18 heavy (non-hydrogen) atoms. The van der Waals surface area contributed by atoms with Crippen molar-refractivity contribution in [3.05, 3.63) is 18.5 Å². The van der Waals surface area contributed by atoms with E-state index in [-0.39, 0.29) is 6.54 Å². The Labute approximate surface area is 98.8 Å². The zero-order valence-corrected chi connectivity index (χ0v) is 9.21. The zero-order valence-electron chi connectivity index (χ0n) is 9.21. The molecule has 0 saturated heterocycles. The number of hydrogen-bond donors (Lipinski definition) is 1. The van der Waals surface area contributed by atoms with Crippen molar-refractivity contribution in [1.29, 1.82) is 0 Å². The standard InChI is InChI=1S/C9H10F5N3O/c1-6(5-17-4-2-3-15-17)16-7(18)8(10,11)9(12,13)14/h2-4,6H,5H2,1H3,(H,16,18). The van der Waals surface area contributed by atoms with Gasteiger partial charge in [0.25, 0.3) is 0 Å². The predicted octanol–water partition coefficient (Wildman–Crippen LogP) is 1.59. The van der Waals surface area contributed by atoms with Gasteiger partial charge in [-0.3, -0.25) is 9.48 Å². The first-order valence-corrected chi connectivity index (χ1v) is 4.87. The number of carbonyl (C=O) groups excluding carboxylic acids is 1. The minimum absolute atomic E-state index is 0.00726. The molecule has 1 heterocycles. The van der Waals surface area contributed by atoms with E-state index in [0.29, 0.717) is 0 Å². The zero-order chi connectivity index (χ0) is 14.0. The molecule has 0 aliphatic rings. The molecular formula is C9H10F5N3O. The van der Waals surface area contributed by atoms with E-state index in [1.54, 1.807) is 11.4 Å². The summed E-state index contributed by atoms with van der Waals surface area (Å²) in [4.78, 5) is 10.8. The smallest absolute Gasteiger partial charge is 0.346 e. The van der Waals surface area contributed by atoms with Crippen LogP contribution in [0.3, 0.4) is 0 Å². The lowest BCUT2D eigenvalue weighted by molar-refractivity contribution is -0.270. The third-order valence-electron chi connectivity index (χ3n) is 2.04. The summed E-state index contributed by atoms with van der Waals surface area (Å²) in [7, 11) is 0. The lowest BCUT2D eigenvalue weighted by Gasteiger charge is -2.21. The molecule has 4 nitrogen and oxygen atoms in total. The van der Waals surface area contributed by atoms with Gasteiger partial charge in [0.1, 0.15) is 0 Å². The molecule has 0 radical (unpaired) electrons. The summed E-state index contributed by atoms with van der Waals surface area (Å²) >= 11 is 0. The van der Waals surface area contributed by atoms with Gasteiger partial charge < -0.3 is 5.32 Å². The number of amides is 1. The molecule has 1 aromatic rings. The molecule has 9 heteroatoms. The van der Waals surface area contributed by atoms with Crippen molar-refractivity contribution in [2.24, 2.45) is 0 Å². The van der Waals surface area contributed by atoms with Crippen LogP contribution in [0.15, 0.2) is 18.5 Å². The van der Waals surface area contributed by atoms with Gasteiger partial charge in [-0.1, -0.05) is 0 Å². The van der Waals surface area contributed by atoms with Gasteiger partial charge in [-0.25, -0.2) is 0 Å². The van der Waals surface area contributed by atoms with Crippen molar-refractivity contribution >= 4 is 5.91 Å². The first-order chi connectivity index (χ1) is 8.14. The van der Waals surface area contributed by atoms with Crippen molar-refractivity contribution < 1.29 is 26.7 Å². The largest absolute Gasteiger partial charge is 0.463 e. The Bertz CT molecular complexity index is 401. The summed E-state index contributed by atoms with van der Waals surface area (Å²) in [5.74, 6) is -7.76. The number of halogens is 5. The summed E-state index contributed by atoms with van der Waals surface area (Å²) in [6, 6.07) is 0.643. The van der Waals surface area contributed by atoms with Gasteiger partial charge in [-0.15, -0.1) is 0 Å². The summed E-state index contributed by atoms with van der Waals surface area (Å²) in [5, 5.41) is 5.33. The fourth-order valence-electron chi connectivity index (χ4n) is 1.18. The maximum atomic E-state index is 12.6. The van der Waals surface area contributed by atoms with Crippen LogP contribution in [0.4, 0.5) is 22.0 Å². The summed E-state index contributed by atoms with van der Waals surface area (Å²) < 4.78 is 62.2. The first-order valence-electron chi connectivity index (χ1n) is 4.87. The van der Waals surface area contributed by atoms with Gasteiger partial charge in [0, 0.05) is 18.4 Å². The average Bonchev–Trinajstić information content (AvgIpc) is 2.68. The molecule has 0 bridgehead atoms. The van der Waals surface area contributed by atoms with Crippen LogP contribution in [-0.2, 0) is 11.3 Å². The Morgan fingerprint density at radius 3 is 2.44 bits per heavy atom. The van der Waals surface area contributed by atoms with Crippen LogP contribution in [0.1, 0.15) is 6.92 Å². The molecule has 1 aromatic heterocycles. The minimum atomic E-state index is -5.90. The van der Waals surface area contributed by atoms with Crippen LogP contribution in [0.25, 0.3) is 0 Å². The lowest BCUT2D eigenvalue weighted by Crippen LogP contribution is -2.53. The number of hydrogen-bond acceptors (Lipinski definition) is 2. The molecule has 1 unspecified atom stereocenters. The predicted molar refractivity (Wildman–Crippen MR) is 50.8 cm³/mol. The van der Waals surface area contributed by atoms with Crippen LogP contribution in [0.2, 0.25) is 0 Å². The van der Waals surface area contributed by atoms with Gasteiger partial charge >= 0.3 is 18.0 Å². The van der Waals surface area contributed by atoms with Crippen molar-refractivity contribution in [3.8, 4) is 0 Å². The van der Waals surface area contributed by atoms with E-state index in [1.807, 2.05) is 0 Å². The summed E-state index contributed by atoms with van der Waals surface area (Å²) in [5.41, 5.74) is 0. The Morgan fingerprint density at radius 2 is 2.00 bits per heavy atom. The van der Waals surface area contributed by atoms with Crippen LogP contribution in [-0.4, -0.2) is 33.8 Å². The van der Waals surface area contributed by atoms with Crippen LogP contribution in [0, 0.1) is 0 Å². The van der Waals surface area contributed by atoms with E-state index in [1.165, 1.54) is 24.0 Å². The Balaban J connectivity index is 2.59. The molecule has 1 atom stereocenters. The first kappa shape index (κ1) is 14.4. The van der Waals surface area contributed by atoms with Gasteiger partial charge in [0.15, 0.2) is 0 Å². The molecule has 0 fully saturated rings. The van der Waals surface area contributed by atoms with E-state index in [9.17, 15) is 26.7 Å². The molecule has 0 aromatic carbocycles. The number of nitrogens with one attached hydrogen (secondary N) is 1. The molecule has 102 valence electrons. The fourth-order valence-corrected chi connectivity index (χ4v) is 1.18. The highest BCUT2D eigenvalue weighted by Crippen LogP contribution is 2.35. The quantitative estimate of drug-likeness (QED) is 0.845. The molecule has 0 aliphatic carbocycles. The molecule has 1 amide bonds. The van der Waals surface area contributed by atoms with Crippen molar-refractivity contribution in [3.63, 3.8) is 0 Å². The van der Waals surface area contributed by atoms with Crippen LogP contribution < -0.4 is 5.32 Å². The van der Waals surface area contributed by atoms with E-state index in [0.717, 1.165) is 0 Å². The van der Waals surface area contributed by atoms with E-state index < -0.39 is 24.0 Å². The van der Waals surface area contributed by atoms with E-state index in [4.69, 9.17) is 0 Å². The van der Waals surface area contributed by atoms with Gasteiger partial charge in [-0.05, 0) is 13.0 Å². The lowest BCUT2D eigenvalue weighted by atomic mass is 10.2. The molecule has 0 aliphatic heterocycles.